The Morgan fingerprint density at radius 1 is 0.909 bits per heavy atom. The molecule has 0 radical (unpaired) electrons. The van der Waals surface area contributed by atoms with Crippen LogP contribution in [0.25, 0.3) is 0 Å². The van der Waals surface area contributed by atoms with Gasteiger partial charge in [0, 0.05) is 11.5 Å². The SMILES string of the molecule is CCc1ccc(C[NH+]2CC[NH+](C[C@H]3CC=CCC3)CC2)cc1. The molecule has 0 spiro atoms. The zero-order chi connectivity index (χ0) is 15.2. The molecule has 3 rings (SSSR count). The van der Waals surface area contributed by atoms with Gasteiger partial charge in [0.05, 0.1) is 6.54 Å². The number of allylic oxidation sites excluding steroid dienone is 2. The van der Waals surface area contributed by atoms with Gasteiger partial charge in [-0.3, -0.25) is 0 Å². The summed E-state index contributed by atoms with van der Waals surface area (Å²) in [5.74, 6) is 0.947. The van der Waals surface area contributed by atoms with Crippen molar-refractivity contribution in [3.05, 3.63) is 47.5 Å². The molecule has 1 atom stereocenters. The zero-order valence-corrected chi connectivity index (χ0v) is 14.1. The van der Waals surface area contributed by atoms with Gasteiger partial charge < -0.3 is 9.80 Å². The maximum Gasteiger partial charge on any atom is 0.127 e. The van der Waals surface area contributed by atoms with E-state index in [0.717, 1.165) is 12.3 Å². The van der Waals surface area contributed by atoms with E-state index < -0.39 is 0 Å². The normalized spacial score (nSPS) is 28.7. The largest absolute Gasteiger partial charge is 0.325 e. The van der Waals surface area contributed by atoms with Crippen molar-refractivity contribution < 1.29 is 9.80 Å². The molecule has 0 aromatic heterocycles. The zero-order valence-electron chi connectivity index (χ0n) is 14.1. The first-order valence-corrected chi connectivity index (χ1v) is 9.23. The number of quaternary nitrogens is 2. The number of nitrogens with one attached hydrogen (secondary N) is 2. The standard InChI is InChI=1S/C20H30N2/c1-2-18-8-10-20(11-9-18)17-22-14-12-21(13-15-22)16-19-6-4-3-5-7-19/h3-4,8-11,19H,2,5-7,12-17H2,1H3/p+2/t19-/m0/s1. The highest BCUT2D eigenvalue weighted by molar-refractivity contribution is 5.21. The molecular weight excluding hydrogens is 268 g/mol. The summed E-state index contributed by atoms with van der Waals surface area (Å²) in [6.07, 6.45) is 9.95. The fourth-order valence-corrected chi connectivity index (χ4v) is 3.97. The van der Waals surface area contributed by atoms with E-state index >= 15 is 0 Å². The van der Waals surface area contributed by atoms with Crippen molar-refractivity contribution >= 4 is 0 Å². The van der Waals surface area contributed by atoms with Crippen molar-refractivity contribution in [3.8, 4) is 0 Å². The Morgan fingerprint density at radius 2 is 1.59 bits per heavy atom. The second-order valence-electron chi connectivity index (χ2n) is 7.20. The molecule has 1 saturated heterocycles. The second kappa shape index (κ2) is 7.94. The smallest absolute Gasteiger partial charge is 0.127 e. The number of rotatable bonds is 5. The van der Waals surface area contributed by atoms with Crippen molar-refractivity contribution in [2.75, 3.05) is 32.7 Å². The highest BCUT2D eigenvalue weighted by Crippen LogP contribution is 2.15. The maximum atomic E-state index is 2.40. The third-order valence-corrected chi connectivity index (χ3v) is 5.50. The summed E-state index contributed by atoms with van der Waals surface area (Å²) in [5, 5.41) is 0. The molecule has 2 aliphatic rings. The molecule has 1 fully saturated rings. The van der Waals surface area contributed by atoms with E-state index in [1.165, 1.54) is 69.7 Å². The molecule has 2 nitrogen and oxygen atoms in total. The van der Waals surface area contributed by atoms with Crippen LogP contribution in [0.4, 0.5) is 0 Å². The van der Waals surface area contributed by atoms with E-state index in [9.17, 15) is 0 Å². The molecule has 120 valence electrons. The van der Waals surface area contributed by atoms with Gasteiger partial charge in [0.15, 0.2) is 0 Å². The van der Waals surface area contributed by atoms with Crippen LogP contribution in [0.3, 0.4) is 0 Å². The van der Waals surface area contributed by atoms with Gasteiger partial charge >= 0.3 is 0 Å². The molecule has 1 heterocycles. The number of piperazine rings is 1. The summed E-state index contributed by atoms with van der Waals surface area (Å²) >= 11 is 0. The van der Waals surface area contributed by atoms with Gasteiger partial charge in [0.1, 0.15) is 32.7 Å². The molecule has 0 unspecified atom stereocenters. The summed E-state index contributed by atoms with van der Waals surface area (Å²) in [6, 6.07) is 9.26. The van der Waals surface area contributed by atoms with Crippen LogP contribution < -0.4 is 9.80 Å². The van der Waals surface area contributed by atoms with Crippen LogP contribution in [0.15, 0.2) is 36.4 Å². The first-order valence-electron chi connectivity index (χ1n) is 9.23. The topological polar surface area (TPSA) is 8.88 Å². The molecular formula is C20H32N2+2. The number of hydrogen-bond acceptors (Lipinski definition) is 0. The first kappa shape index (κ1) is 15.8. The molecule has 2 heteroatoms. The number of aryl methyl sites for hydroxylation is 1. The minimum absolute atomic E-state index is 0.947. The molecule has 2 N–H and O–H groups in total. The van der Waals surface area contributed by atoms with E-state index in [2.05, 4.69) is 43.3 Å². The van der Waals surface area contributed by atoms with E-state index in [0.29, 0.717) is 0 Å². The van der Waals surface area contributed by atoms with Crippen LogP contribution in [0.1, 0.15) is 37.3 Å². The lowest BCUT2D eigenvalue weighted by molar-refractivity contribution is -1.02. The van der Waals surface area contributed by atoms with E-state index in [4.69, 9.17) is 0 Å². The minimum Gasteiger partial charge on any atom is -0.325 e. The summed E-state index contributed by atoms with van der Waals surface area (Å²) in [6.45, 7) is 10.3. The van der Waals surface area contributed by atoms with Crippen molar-refractivity contribution in [1.82, 2.24) is 0 Å². The lowest BCUT2D eigenvalue weighted by Crippen LogP contribution is -3.27. The van der Waals surface area contributed by atoms with Gasteiger partial charge in [0.25, 0.3) is 0 Å². The lowest BCUT2D eigenvalue weighted by Gasteiger charge is -2.32. The monoisotopic (exact) mass is 300 g/mol. The van der Waals surface area contributed by atoms with Crippen LogP contribution in [-0.2, 0) is 13.0 Å². The maximum absolute atomic E-state index is 2.40. The molecule has 1 aromatic carbocycles. The Labute approximate surface area is 135 Å². The summed E-state index contributed by atoms with van der Waals surface area (Å²) < 4.78 is 0. The van der Waals surface area contributed by atoms with Gasteiger partial charge in [-0.05, 0) is 31.2 Å². The molecule has 1 aliphatic heterocycles. The van der Waals surface area contributed by atoms with Gasteiger partial charge in [-0.25, -0.2) is 0 Å². The average Bonchev–Trinajstić information content (AvgIpc) is 2.58. The van der Waals surface area contributed by atoms with E-state index in [-0.39, 0.29) is 0 Å². The van der Waals surface area contributed by atoms with Gasteiger partial charge in [0.2, 0.25) is 0 Å². The molecule has 1 aromatic rings. The Morgan fingerprint density at radius 3 is 2.23 bits per heavy atom. The third-order valence-electron chi connectivity index (χ3n) is 5.50. The quantitative estimate of drug-likeness (QED) is 0.748. The third kappa shape index (κ3) is 4.44. The predicted molar refractivity (Wildman–Crippen MR) is 92.3 cm³/mol. The predicted octanol–water partition coefficient (Wildman–Crippen LogP) is 0.889. The van der Waals surface area contributed by atoms with Gasteiger partial charge in [-0.2, -0.15) is 0 Å². The Kier molecular flexibility index (Phi) is 5.69. The Hall–Kier alpha value is -1.12. The van der Waals surface area contributed by atoms with Crippen LogP contribution in [-0.4, -0.2) is 32.7 Å². The molecule has 1 aliphatic carbocycles. The van der Waals surface area contributed by atoms with Crippen LogP contribution >= 0.6 is 0 Å². The van der Waals surface area contributed by atoms with Crippen LogP contribution in [0.2, 0.25) is 0 Å². The highest BCUT2D eigenvalue weighted by Gasteiger charge is 2.25. The van der Waals surface area contributed by atoms with Crippen molar-refractivity contribution in [2.45, 2.75) is 39.2 Å². The second-order valence-corrected chi connectivity index (χ2v) is 7.20. The first-order chi connectivity index (χ1) is 10.8. The number of benzene rings is 1. The van der Waals surface area contributed by atoms with Gasteiger partial charge in [-0.1, -0.05) is 43.3 Å². The molecule has 0 bridgehead atoms. The fraction of sp³-hybridized carbons (Fsp3) is 0.600. The van der Waals surface area contributed by atoms with Crippen molar-refractivity contribution in [1.29, 1.82) is 0 Å². The highest BCUT2D eigenvalue weighted by atomic mass is 15.3. The molecule has 22 heavy (non-hydrogen) atoms. The Balaban J connectivity index is 1.42. The summed E-state index contributed by atoms with van der Waals surface area (Å²) in [5.41, 5.74) is 2.96. The van der Waals surface area contributed by atoms with Gasteiger partial charge in [-0.15, -0.1) is 0 Å². The minimum atomic E-state index is 0.947. The lowest BCUT2D eigenvalue weighted by atomic mass is 9.94. The average molecular weight is 300 g/mol. The summed E-state index contributed by atoms with van der Waals surface area (Å²) in [4.78, 5) is 3.63. The van der Waals surface area contributed by atoms with Crippen molar-refractivity contribution in [3.63, 3.8) is 0 Å². The molecule has 0 amide bonds. The van der Waals surface area contributed by atoms with E-state index in [1.807, 2.05) is 4.90 Å². The fourth-order valence-electron chi connectivity index (χ4n) is 3.97. The van der Waals surface area contributed by atoms with Crippen molar-refractivity contribution in [2.24, 2.45) is 5.92 Å². The van der Waals surface area contributed by atoms with E-state index in [1.54, 1.807) is 4.90 Å². The summed E-state index contributed by atoms with van der Waals surface area (Å²) in [7, 11) is 0. The van der Waals surface area contributed by atoms with Crippen LogP contribution in [0, 0.1) is 5.92 Å². The Bertz CT molecular complexity index is 469. The number of hydrogen-bond donors (Lipinski definition) is 2. The van der Waals surface area contributed by atoms with Crippen LogP contribution in [0.5, 0.6) is 0 Å². The molecule has 0 saturated carbocycles.